The van der Waals surface area contributed by atoms with Gasteiger partial charge in [-0.3, -0.25) is 0 Å². The number of hydrogen-bond donors (Lipinski definition) is 2. The third-order valence-corrected chi connectivity index (χ3v) is 7.72. The van der Waals surface area contributed by atoms with Crippen LogP contribution in [0.15, 0.2) is 36.8 Å². The smallest absolute Gasteiger partial charge is 0.194 e. The van der Waals surface area contributed by atoms with Gasteiger partial charge in [-0.15, -0.1) is 16.4 Å². The highest BCUT2D eigenvalue weighted by molar-refractivity contribution is 7.18. The molecule has 4 atom stereocenters. The molecule has 4 heterocycles. The molecule has 3 aromatic heterocycles. The molecular weight excluding hydrogens is 535 g/mol. The fourth-order valence-corrected chi connectivity index (χ4v) is 5.72. The molecule has 0 bridgehead atoms. The number of hydrogen-bond acceptors (Lipinski definition) is 9. The highest BCUT2D eigenvalue weighted by Crippen LogP contribution is 2.38. The number of aliphatic hydroxyl groups excluding tert-OH is 2. The first-order chi connectivity index (χ1) is 18.7. The lowest BCUT2D eigenvalue weighted by Crippen LogP contribution is -2.45. The molecule has 202 valence electrons. The molecular formula is C25H22F3N7O3S. The molecule has 0 aliphatic carbocycles. The largest absolute Gasteiger partial charge is 0.394 e. The molecule has 1 aliphatic rings. The Labute approximate surface area is 223 Å². The van der Waals surface area contributed by atoms with E-state index in [9.17, 15) is 23.4 Å². The normalized spacial score (nSPS) is 21.6. The van der Waals surface area contributed by atoms with Crippen LogP contribution in [0.1, 0.15) is 35.0 Å². The molecule has 4 unspecified atom stereocenters. The summed E-state index contributed by atoms with van der Waals surface area (Å²) in [4.78, 5) is 8.97. The second-order valence-corrected chi connectivity index (χ2v) is 10.6. The monoisotopic (exact) mass is 557 g/mol. The van der Waals surface area contributed by atoms with Crippen molar-refractivity contribution >= 4 is 21.6 Å². The average Bonchev–Trinajstić information content (AvgIpc) is 3.66. The number of nitrogens with zero attached hydrogens (tertiary/aromatic N) is 7. The molecule has 0 radical (unpaired) electrons. The van der Waals surface area contributed by atoms with E-state index in [1.165, 1.54) is 17.2 Å². The van der Waals surface area contributed by atoms with Crippen LogP contribution >= 0.6 is 11.3 Å². The summed E-state index contributed by atoms with van der Waals surface area (Å²) in [5.41, 5.74) is 2.66. The first-order valence-corrected chi connectivity index (χ1v) is 12.8. The SMILES string of the molecule is Cc1nc2cc(C)c(-n3ncnc3C3CC(n4cc(-c5cc(F)c(F)c(F)c5)nn4)C(O)C(CO)O3)cc2s1. The van der Waals surface area contributed by atoms with Crippen LogP contribution in [0.3, 0.4) is 0 Å². The van der Waals surface area contributed by atoms with Crippen LogP contribution in [0, 0.1) is 31.3 Å². The highest BCUT2D eigenvalue weighted by Gasteiger charge is 2.41. The maximum absolute atomic E-state index is 13.8. The van der Waals surface area contributed by atoms with Gasteiger partial charge in [-0.05, 0) is 43.7 Å². The standard InChI is InChI=1S/C25H22F3N7O3S/c1-11-3-16-22(39-12(2)31-16)7-18(11)35-25(29-10-30-35)20-6-19(24(37)21(9-36)38-20)34-8-17(32-33-34)13-4-14(26)23(28)15(27)5-13/h3-5,7-8,10,19-21,24,36-37H,6,9H2,1-2H3. The molecule has 2 N–H and O–H groups in total. The minimum atomic E-state index is -1.58. The minimum absolute atomic E-state index is 0.0154. The van der Waals surface area contributed by atoms with E-state index in [4.69, 9.17) is 4.74 Å². The molecule has 6 rings (SSSR count). The Morgan fingerprint density at radius 3 is 2.64 bits per heavy atom. The minimum Gasteiger partial charge on any atom is -0.394 e. The van der Waals surface area contributed by atoms with Gasteiger partial charge in [-0.1, -0.05) is 5.21 Å². The fourth-order valence-electron chi connectivity index (χ4n) is 4.88. The second kappa shape index (κ2) is 9.79. The molecule has 39 heavy (non-hydrogen) atoms. The fraction of sp³-hybridized carbons (Fsp3) is 0.320. The van der Waals surface area contributed by atoms with Gasteiger partial charge >= 0.3 is 0 Å². The first-order valence-electron chi connectivity index (χ1n) is 12.0. The van der Waals surface area contributed by atoms with Gasteiger partial charge in [0, 0.05) is 12.0 Å². The summed E-state index contributed by atoms with van der Waals surface area (Å²) in [7, 11) is 0. The predicted molar refractivity (Wildman–Crippen MR) is 134 cm³/mol. The van der Waals surface area contributed by atoms with E-state index in [0.717, 1.165) is 38.6 Å². The van der Waals surface area contributed by atoms with Gasteiger partial charge in [-0.2, -0.15) is 5.10 Å². The molecule has 0 saturated carbocycles. The van der Waals surface area contributed by atoms with Crippen LogP contribution in [0.5, 0.6) is 0 Å². The van der Waals surface area contributed by atoms with Crippen molar-refractivity contribution in [2.75, 3.05) is 6.61 Å². The number of benzene rings is 2. The van der Waals surface area contributed by atoms with E-state index in [0.29, 0.717) is 5.82 Å². The van der Waals surface area contributed by atoms with Crippen molar-refractivity contribution in [2.45, 2.75) is 44.6 Å². The molecule has 14 heteroatoms. The van der Waals surface area contributed by atoms with Crippen LogP contribution in [0.25, 0.3) is 27.2 Å². The number of aryl methyl sites for hydroxylation is 2. The van der Waals surface area contributed by atoms with Crippen molar-refractivity contribution in [1.82, 2.24) is 34.7 Å². The molecule has 10 nitrogen and oxygen atoms in total. The summed E-state index contributed by atoms with van der Waals surface area (Å²) >= 11 is 1.56. The number of halogens is 3. The van der Waals surface area contributed by atoms with Crippen molar-refractivity contribution in [3.8, 4) is 16.9 Å². The lowest BCUT2D eigenvalue weighted by atomic mass is 9.95. The van der Waals surface area contributed by atoms with Gasteiger partial charge in [0.05, 0.1) is 39.8 Å². The number of fused-ring (bicyclic) bond motifs is 1. The predicted octanol–water partition coefficient (Wildman–Crippen LogP) is 3.59. The third kappa shape index (κ3) is 4.48. The zero-order valence-electron chi connectivity index (χ0n) is 20.7. The summed E-state index contributed by atoms with van der Waals surface area (Å²) in [5.74, 6) is -3.83. The molecule has 5 aromatic rings. The van der Waals surface area contributed by atoms with E-state index in [1.54, 1.807) is 16.0 Å². The van der Waals surface area contributed by atoms with Crippen molar-refractivity contribution in [3.05, 3.63) is 70.6 Å². The lowest BCUT2D eigenvalue weighted by Gasteiger charge is -2.38. The van der Waals surface area contributed by atoms with E-state index < -0.39 is 48.4 Å². The molecule has 0 spiro atoms. The van der Waals surface area contributed by atoms with Crippen molar-refractivity contribution in [2.24, 2.45) is 0 Å². The van der Waals surface area contributed by atoms with E-state index in [2.05, 4.69) is 25.4 Å². The molecule has 1 fully saturated rings. The highest BCUT2D eigenvalue weighted by atomic mass is 32.1. The number of aliphatic hydroxyl groups is 2. The quantitative estimate of drug-likeness (QED) is 0.314. The Hall–Kier alpha value is -3.72. The van der Waals surface area contributed by atoms with Crippen LogP contribution in [-0.2, 0) is 4.74 Å². The Morgan fingerprint density at radius 1 is 1.13 bits per heavy atom. The molecule has 0 amide bonds. The summed E-state index contributed by atoms with van der Waals surface area (Å²) in [6.45, 7) is 3.40. The molecule has 2 aromatic carbocycles. The summed E-state index contributed by atoms with van der Waals surface area (Å²) in [6, 6.07) is 4.85. The Kier molecular flexibility index (Phi) is 6.41. The summed E-state index contributed by atoms with van der Waals surface area (Å²) in [5, 5.41) is 34.3. The van der Waals surface area contributed by atoms with Gasteiger partial charge in [0.15, 0.2) is 23.3 Å². The van der Waals surface area contributed by atoms with Crippen LogP contribution in [0.2, 0.25) is 0 Å². The maximum Gasteiger partial charge on any atom is 0.194 e. The van der Waals surface area contributed by atoms with Crippen molar-refractivity contribution in [3.63, 3.8) is 0 Å². The number of ether oxygens (including phenoxy) is 1. The van der Waals surface area contributed by atoms with Crippen molar-refractivity contribution < 1.29 is 28.1 Å². The molecule has 1 aliphatic heterocycles. The van der Waals surface area contributed by atoms with E-state index >= 15 is 0 Å². The topological polar surface area (TPSA) is 124 Å². The zero-order chi connectivity index (χ0) is 27.4. The lowest BCUT2D eigenvalue weighted by molar-refractivity contribution is -0.161. The summed E-state index contributed by atoms with van der Waals surface area (Å²) < 4.78 is 51.0. The Balaban J connectivity index is 1.34. The first kappa shape index (κ1) is 25.6. The number of thiazole rings is 1. The van der Waals surface area contributed by atoms with Crippen LogP contribution in [-0.4, -0.2) is 63.8 Å². The Bertz CT molecular complexity index is 1660. The number of rotatable bonds is 5. The van der Waals surface area contributed by atoms with Crippen LogP contribution in [0.4, 0.5) is 13.2 Å². The van der Waals surface area contributed by atoms with Crippen LogP contribution < -0.4 is 0 Å². The van der Waals surface area contributed by atoms with Gasteiger partial charge < -0.3 is 14.9 Å². The zero-order valence-corrected chi connectivity index (χ0v) is 21.5. The molecule has 1 saturated heterocycles. The third-order valence-electron chi connectivity index (χ3n) is 6.78. The van der Waals surface area contributed by atoms with Gasteiger partial charge in [0.1, 0.15) is 30.3 Å². The van der Waals surface area contributed by atoms with Gasteiger partial charge in [-0.25, -0.2) is 32.5 Å². The maximum atomic E-state index is 13.8. The Morgan fingerprint density at radius 2 is 1.90 bits per heavy atom. The van der Waals surface area contributed by atoms with E-state index in [-0.39, 0.29) is 17.7 Å². The number of aromatic nitrogens is 7. The second-order valence-electron chi connectivity index (χ2n) is 9.35. The van der Waals surface area contributed by atoms with Crippen molar-refractivity contribution in [1.29, 1.82) is 0 Å². The average molecular weight is 558 g/mol. The van der Waals surface area contributed by atoms with Gasteiger partial charge in [0.25, 0.3) is 0 Å². The van der Waals surface area contributed by atoms with Gasteiger partial charge in [0.2, 0.25) is 0 Å². The summed E-state index contributed by atoms with van der Waals surface area (Å²) in [6.07, 6.45) is 0.0964. The van der Waals surface area contributed by atoms with E-state index in [1.807, 2.05) is 26.0 Å².